The van der Waals surface area contributed by atoms with Gasteiger partial charge in [0.15, 0.2) is 0 Å². The minimum absolute atomic E-state index is 0.289. The van der Waals surface area contributed by atoms with Crippen LogP contribution < -0.4 is 4.74 Å². The van der Waals surface area contributed by atoms with Gasteiger partial charge < -0.3 is 9.47 Å². The van der Waals surface area contributed by atoms with E-state index in [9.17, 15) is 9.59 Å². The van der Waals surface area contributed by atoms with Crippen LogP contribution in [0.2, 0.25) is 0 Å². The van der Waals surface area contributed by atoms with Gasteiger partial charge in [0.2, 0.25) is 0 Å². The molecule has 0 fully saturated rings. The Morgan fingerprint density at radius 1 is 0.692 bits per heavy atom. The van der Waals surface area contributed by atoms with Crippen molar-refractivity contribution in [1.29, 1.82) is 0 Å². The molecule has 0 heterocycles. The van der Waals surface area contributed by atoms with Crippen molar-refractivity contribution in [3.63, 3.8) is 0 Å². The minimum Gasteiger partial charge on any atom is -0.462 e. The standard InChI is InChI=1S/C22H18O4/c23-21(25-15-14-17-8-3-1-4-9-17)19-12-7-13-20(16-19)26-22(24)18-10-5-2-6-11-18/h1-13,16H,14-15H2. The third-order valence-corrected chi connectivity index (χ3v) is 3.76. The Kier molecular flexibility index (Phi) is 5.78. The number of rotatable bonds is 6. The van der Waals surface area contributed by atoms with Gasteiger partial charge in [-0.05, 0) is 35.9 Å². The first kappa shape index (κ1) is 17.4. The number of benzene rings is 3. The topological polar surface area (TPSA) is 52.6 Å². The summed E-state index contributed by atoms with van der Waals surface area (Å²) in [6.07, 6.45) is 0.648. The highest BCUT2D eigenvalue weighted by Gasteiger charge is 2.11. The van der Waals surface area contributed by atoms with Crippen LogP contribution in [0.1, 0.15) is 26.3 Å². The molecule has 0 N–H and O–H groups in total. The fraction of sp³-hybridized carbons (Fsp3) is 0.0909. The van der Waals surface area contributed by atoms with Crippen molar-refractivity contribution in [3.05, 3.63) is 102 Å². The summed E-state index contributed by atoms with van der Waals surface area (Å²) in [5.74, 6) is -0.616. The van der Waals surface area contributed by atoms with Crippen LogP contribution in [0.15, 0.2) is 84.9 Å². The molecule has 0 aliphatic carbocycles. The number of carbonyl (C=O) groups is 2. The summed E-state index contributed by atoms with van der Waals surface area (Å²) in [5.41, 5.74) is 1.89. The summed E-state index contributed by atoms with van der Waals surface area (Å²) in [6.45, 7) is 0.289. The van der Waals surface area contributed by atoms with Crippen molar-refractivity contribution >= 4 is 11.9 Å². The minimum atomic E-state index is -0.472. The average molecular weight is 346 g/mol. The largest absolute Gasteiger partial charge is 0.462 e. The lowest BCUT2D eigenvalue weighted by atomic mass is 10.2. The Bertz CT molecular complexity index is 873. The Balaban J connectivity index is 1.58. The van der Waals surface area contributed by atoms with E-state index in [2.05, 4.69) is 0 Å². The zero-order valence-corrected chi connectivity index (χ0v) is 14.1. The molecule has 4 heteroatoms. The van der Waals surface area contributed by atoms with Gasteiger partial charge in [-0.15, -0.1) is 0 Å². The highest BCUT2D eigenvalue weighted by molar-refractivity contribution is 5.92. The van der Waals surface area contributed by atoms with Crippen molar-refractivity contribution in [2.45, 2.75) is 6.42 Å². The van der Waals surface area contributed by atoms with Crippen LogP contribution in [0.5, 0.6) is 5.75 Å². The molecule has 26 heavy (non-hydrogen) atoms. The lowest BCUT2D eigenvalue weighted by Crippen LogP contribution is -2.10. The van der Waals surface area contributed by atoms with Crippen LogP contribution in [0.3, 0.4) is 0 Å². The van der Waals surface area contributed by atoms with Gasteiger partial charge in [-0.25, -0.2) is 9.59 Å². The smallest absolute Gasteiger partial charge is 0.343 e. The molecule has 3 aromatic rings. The summed E-state index contributed by atoms with van der Waals surface area (Å²) in [4.78, 5) is 24.3. The Hall–Kier alpha value is -3.40. The summed E-state index contributed by atoms with van der Waals surface area (Å²) >= 11 is 0. The maximum atomic E-state index is 12.2. The molecule has 0 aromatic heterocycles. The van der Waals surface area contributed by atoms with E-state index in [0.717, 1.165) is 5.56 Å². The van der Waals surface area contributed by atoms with Gasteiger partial charge in [0.1, 0.15) is 5.75 Å². The second-order valence-corrected chi connectivity index (χ2v) is 5.65. The fourth-order valence-electron chi connectivity index (χ4n) is 2.42. The first-order valence-electron chi connectivity index (χ1n) is 8.31. The Morgan fingerprint density at radius 2 is 1.35 bits per heavy atom. The molecular weight excluding hydrogens is 328 g/mol. The predicted molar refractivity (Wildman–Crippen MR) is 98.3 cm³/mol. The van der Waals surface area contributed by atoms with E-state index in [1.165, 1.54) is 6.07 Å². The van der Waals surface area contributed by atoms with Gasteiger partial charge in [0.25, 0.3) is 0 Å². The molecule has 130 valence electrons. The van der Waals surface area contributed by atoms with E-state index in [0.29, 0.717) is 23.3 Å². The summed E-state index contributed by atoms with van der Waals surface area (Å²) in [5, 5.41) is 0. The number of ether oxygens (including phenoxy) is 2. The SMILES string of the molecule is O=C(OCCc1ccccc1)c1cccc(OC(=O)c2ccccc2)c1. The van der Waals surface area contributed by atoms with Gasteiger partial charge in [-0.1, -0.05) is 54.6 Å². The van der Waals surface area contributed by atoms with E-state index in [4.69, 9.17) is 9.47 Å². The van der Waals surface area contributed by atoms with Gasteiger partial charge >= 0.3 is 11.9 Å². The molecule has 0 radical (unpaired) electrons. The van der Waals surface area contributed by atoms with E-state index in [1.54, 1.807) is 42.5 Å². The molecule has 0 bridgehead atoms. The molecule has 0 atom stereocenters. The molecule has 3 rings (SSSR count). The van der Waals surface area contributed by atoms with Crippen LogP contribution in [0, 0.1) is 0 Å². The maximum absolute atomic E-state index is 12.2. The van der Waals surface area contributed by atoms with Crippen LogP contribution in [-0.4, -0.2) is 18.5 Å². The van der Waals surface area contributed by atoms with Crippen molar-refractivity contribution in [2.75, 3.05) is 6.61 Å². The highest BCUT2D eigenvalue weighted by Crippen LogP contribution is 2.16. The highest BCUT2D eigenvalue weighted by atomic mass is 16.5. The van der Waals surface area contributed by atoms with E-state index in [-0.39, 0.29) is 6.61 Å². The average Bonchev–Trinajstić information content (AvgIpc) is 2.69. The van der Waals surface area contributed by atoms with Crippen molar-refractivity contribution in [3.8, 4) is 5.75 Å². The van der Waals surface area contributed by atoms with Crippen LogP contribution >= 0.6 is 0 Å². The van der Waals surface area contributed by atoms with Crippen molar-refractivity contribution in [1.82, 2.24) is 0 Å². The molecule has 0 aliphatic rings. The van der Waals surface area contributed by atoms with E-state index < -0.39 is 11.9 Å². The number of carbonyl (C=O) groups excluding carboxylic acids is 2. The lowest BCUT2D eigenvalue weighted by molar-refractivity contribution is 0.0507. The van der Waals surface area contributed by atoms with Crippen molar-refractivity contribution in [2.24, 2.45) is 0 Å². The molecule has 0 aliphatic heterocycles. The summed E-state index contributed by atoms with van der Waals surface area (Å²) in [7, 11) is 0. The fourth-order valence-corrected chi connectivity index (χ4v) is 2.42. The third kappa shape index (κ3) is 4.80. The monoisotopic (exact) mass is 346 g/mol. The third-order valence-electron chi connectivity index (χ3n) is 3.76. The molecule has 0 amide bonds. The van der Waals surface area contributed by atoms with E-state index >= 15 is 0 Å². The molecule has 0 saturated heterocycles. The lowest BCUT2D eigenvalue weighted by Gasteiger charge is -2.07. The molecule has 0 unspecified atom stereocenters. The maximum Gasteiger partial charge on any atom is 0.343 e. The molecule has 0 saturated carbocycles. The molecule has 4 nitrogen and oxygen atoms in total. The van der Waals surface area contributed by atoms with Crippen LogP contribution in [-0.2, 0) is 11.2 Å². The number of hydrogen-bond donors (Lipinski definition) is 0. The van der Waals surface area contributed by atoms with Gasteiger partial charge in [-0.2, -0.15) is 0 Å². The van der Waals surface area contributed by atoms with Gasteiger partial charge in [-0.3, -0.25) is 0 Å². The van der Waals surface area contributed by atoms with Crippen molar-refractivity contribution < 1.29 is 19.1 Å². The molecular formula is C22H18O4. The molecule has 3 aromatic carbocycles. The normalized spacial score (nSPS) is 10.2. The summed E-state index contributed by atoms with van der Waals surface area (Å²) < 4.78 is 10.6. The number of esters is 2. The quantitative estimate of drug-likeness (QED) is 0.493. The zero-order valence-electron chi connectivity index (χ0n) is 14.1. The number of hydrogen-bond acceptors (Lipinski definition) is 4. The first-order valence-corrected chi connectivity index (χ1v) is 8.31. The van der Waals surface area contributed by atoms with Crippen LogP contribution in [0.4, 0.5) is 0 Å². The first-order chi connectivity index (χ1) is 12.7. The Morgan fingerprint density at radius 3 is 2.08 bits per heavy atom. The van der Waals surface area contributed by atoms with Gasteiger partial charge in [0.05, 0.1) is 17.7 Å². The second-order valence-electron chi connectivity index (χ2n) is 5.65. The Labute approximate surface area is 152 Å². The zero-order chi connectivity index (χ0) is 18.2. The molecule has 0 spiro atoms. The van der Waals surface area contributed by atoms with Crippen LogP contribution in [0.25, 0.3) is 0 Å². The van der Waals surface area contributed by atoms with Gasteiger partial charge in [0, 0.05) is 6.42 Å². The predicted octanol–water partition coefficient (Wildman–Crippen LogP) is 4.31. The second kappa shape index (κ2) is 8.62. The van der Waals surface area contributed by atoms with E-state index in [1.807, 2.05) is 36.4 Å². The summed E-state index contributed by atoms with van der Waals surface area (Å²) in [6, 6.07) is 24.9.